The molecule has 2 bridgehead atoms. The van der Waals surface area contributed by atoms with E-state index in [2.05, 4.69) is 50.1 Å². The van der Waals surface area contributed by atoms with Crippen molar-refractivity contribution < 1.29 is 42.9 Å². The zero-order valence-electron chi connectivity index (χ0n) is 28.9. The molecule has 0 radical (unpaired) electrons. The maximum atomic E-state index is 13.1. The van der Waals surface area contributed by atoms with Crippen LogP contribution in [0.3, 0.4) is 0 Å². The summed E-state index contributed by atoms with van der Waals surface area (Å²) in [7, 11) is -0.183. The van der Waals surface area contributed by atoms with E-state index in [0.717, 1.165) is 17.7 Å². The Hall–Kier alpha value is -3.09. The van der Waals surface area contributed by atoms with Gasteiger partial charge in [0.1, 0.15) is 17.1 Å². The first-order chi connectivity index (χ1) is 21.2. The normalized spacial score (nSPS) is 27.4. The lowest BCUT2D eigenvalue weighted by molar-refractivity contribution is -0.169. The fourth-order valence-electron chi connectivity index (χ4n) is 7.02. The molecule has 46 heavy (non-hydrogen) atoms. The van der Waals surface area contributed by atoms with Crippen LogP contribution in [0.4, 0.5) is 4.79 Å². The van der Waals surface area contributed by atoms with Gasteiger partial charge >= 0.3 is 12.1 Å². The number of likely N-dealkylation sites (tertiary alicyclic amines) is 1. The molecule has 2 N–H and O–H groups in total. The van der Waals surface area contributed by atoms with Gasteiger partial charge in [-0.1, -0.05) is 26.8 Å². The molecule has 2 aliphatic carbocycles. The summed E-state index contributed by atoms with van der Waals surface area (Å²) in [5.74, 6) is 0.574. The lowest BCUT2D eigenvalue weighted by Gasteiger charge is -2.61. The average molecular weight is 659 g/mol. The molecule has 4 aliphatic rings. The molecule has 0 unspecified atom stereocenters. The number of esters is 1. The highest BCUT2D eigenvalue weighted by Crippen LogP contribution is 2.65. The summed E-state index contributed by atoms with van der Waals surface area (Å²) in [6.07, 6.45) is 0.541. The van der Waals surface area contributed by atoms with Crippen molar-refractivity contribution in [3.05, 3.63) is 35.1 Å². The minimum absolute atomic E-state index is 0.0185. The smallest absolute Gasteiger partial charge is 0.509 e. The van der Waals surface area contributed by atoms with Crippen molar-refractivity contribution >= 4 is 26.3 Å². The van der Waals surface area contributed by atoms with E-state index >= 15 is 0 Å². The second-order valence-electron chi connectivity index (χ2n) is 15.7. The number of hydrogen-bond donors (Lipinski definition) is 2. The third-order valence-corrected chi connectivity index (χ3v) is 14.7. The third-order valence-electron chi connectivity index (χ3n) is 10.4. The average Bonchev–Trinajstić information content (AvgIpc) is 3.27. The Morgan fingerprint density at radius 1 is 1.17 bits per heavy atom. The topological polar surface area (TPSA) is 133 Å². The summed E-state index contributed by atoms with van der Waals surface area (Å²) in [5.41, 5.74) is -0.565. The zero-order chi connectivity index (χ0) is 34.0. The fourth-order valence-corrected chi connectivity index (χ4v) is 8.04. The van der Waals surface area contributed by atoms with Gasteiger partial charge in [0.05, 0.1) is 17.4 Å². The number of aliphatic hydroxyl groups is 1. The van der Waals surface area contributed by atoms with Crippen LogP contribution >= 0.6 is 0 Å². The number of nitrogens with zero attached hydrogens (tertiary/aromatic N) is 1. The number of carbonyl (C=O) groups excluding carboxylic acids is 3. The van der Waals surface area contributed by atoms with E-state index in [-0.39, 0.29) is 24.0 Å². The molecule has 1 spiro atoms. The van der Waals surface area contributed by atoms with Crippen molar-refractivity contribution in [2.24, 2.45) is 0 Å². The van der Waals surface area contributed by atoms with E-state index in [1.165, 1.54) is 6.92 Å². The molecular weight excluding hydrogens is 608 g/mol. The molecule has 5 rings (SSSR count). The van der Waals surface area contributed by atoms with E-state index in [4.69, 9.17) is 23.4 Å². The molecular formula is C34H50N2O9Si. The first kappa shape index (κ1) is 34.2. The summed E-state index contributed by atoms with van der Waals surface area (Å²) < 4.78 is 29.6. The Kier molecular flexibility index (Phi) is 8.60. The summed E-state index contributed by atoms with van der Waals surface area (Å²) in [6, 6.07) is 3.99. The van der Waals surface area contributed by atoms with Crippen molar-refractivity contribution in [1.29, 1.82) is 0 Å². The number of ether oxygens (including phenoxy) is 4. The van der Waals surface area contributed by atoms with Crippen LogP contribution in [0.5, 0.6) is 11.5 Å². The van der Waals surface area contributed by atoms with Crippen molar-refractivity contribution in [1.82, 2.24) is 10.2 Å². The molecule has 1 amide bonds. The maximum absolute atomic E-state index is 13.1. The van der Waals surface area contributed by atoms with E-state index in [1.54, 1.807) is 26.8 Å². The number of likely N-dealkylation sites (N-methyl/N-ethyl adjacent to an activating group) is 1. The number of nitrogens with one attached hydrogen (secondary N) is 1. The van der Waals surface area contributed by atoms with Gasteiger partial charge in [-0.15, -0.1) is 0 Å². The standard InChI is InChI=1S/C34H50N2O9Si/c1-20(41-30(39)44-31(2,3)4)29(38)35-17-14-25(37)42-23-13-15-34(40)24-19-21-11-12-22(45-46(9,10)32(5,6)7)27-26(21)33(34,28(23)43-27)16-18-36(24)8/h11-13,20,24,28,40H,14-19H2,1-10H3,(H,35,38)/t20-,24+,28-,33-,34+/m0/s1. The first-order valence-corrected chi connectivity index (χ1v) is 19.1. The van der Waals surface area contributed by atoms with Gasteiger partial charge in [-0.2, -0.15) is 0 Å². The Balaban J connectivity index is 1.33. The van der Waals surface area contributed by atoms with Crippen LogP contribution in [0.15, 0.2) is 24.0 Å². The Labute approximate surface area is 273 Å². The number of carbonyl (C=O) groups is 3. The molecule has 12 heteroatoms. The number of piperidine rings is 1. The summed E-state index contributed by atoms with van der Waals surface area (Å²) in [5, 5.41) is 15.1. The van der Waals surface area contributed by atoms with Gasteiger partial charge < -0.3 is 38.7 Å². The van der Waals surface area contributed by atoms with Gasteiger partial charge in [0.15, 0.2) is 18.0 Å². The van der Waals surface area contributed by atoms with Gasteiger partial charge in [0.2, 0.25) is 0 Å². The number of rotatable bonds is 8. The van der Waals surface area contributed by atoms with Gasteiger partial charge in [-0.25, -0.2) is 4.79 Å². The second-order valence-corrected chi connectivity index (χ2v) is 20.4. The Bertz CT molecular complexity index is 1440. The molecule has 5 atom stereocenters. The van der Waals surface area contributed by atoms with Gasteiger partial charge in [-0.3, -0.25) is 9.59 Å². The molecule has 254 valence electrons. The zero-order valence-corrected chi connectivity index (χ0v) is 29.9. The maximum Gasteiger partial charge on any atom is 0.509 e. The molecule has 1 fully saturated rings. The van der Waals surface area contributed by atoms with Crippen LogP contribution in [-0.2, 0) is 35.6 Å². The predicted molar refractivity (Wildman–Crippen MR) is 173 cm³/mol. The molecule has 2 aliphatic heterocycles. The van der Waals surface area contributed by atoms with Gasteiger partial charge in [-0.05, 0) is 90.0 Å². The molecule has 2 heterocycles. The summed E-state index contributed by atoms with van der Waals surface area (Å²) >= 11 is 0. The summed E-state index contributed by atoms with van der Waals surface area (Å²) in [4.78, 5) is 39.7. The fraction of sp³-hybridized carbons (Fsp3) is 0.676. The molecule has 1 aromatic carbocycles. The van der Waals surface area contributed by atoms with Crippen LogP contribution in [0.25, 0.3) is 0 Å². The largest absolute Gasteiger partial charge is 0.541 e. The minimum atomic E-state index is -2.23. The van der Waals surface area contributed by atoms with E-state index < -0.39 is 55.2 Å². The monoisotopic (exact) mass is 658 g/mol. The highest BCUT2D eigenvalue weighted by Gasteiger charge is 2.72. The molecule has 1 aromatic rings. The lowest BCUT2D eigenvalue weighted by Crippen LogP contribution is -2.74. The van der Waals surface area contributed by atoms with Gasteiger partial charge in [0.25, 0.3) is 14.2 Å². The molecule has 1 saturated heterocycles. The minimum Gasteiger partial charge on any atom is -0.541 e. The van der Waals surface area contributed by atoms with Gasteiger partial charge in [0, 0.05) is 24.6 Å². The molecule has 11 nitrogen and oxygen atoms in total. The SMILES string of the molecule is C[C@H](OC(=O)OC(C)(C)C)C(=O)NCCC(=O)OC1=CC[C@@]2(O)[C@H]3Cc4ccc(O[Si](C)(C)C(C)(C)C)c5c4[C@@]2(CCN3C)[C@H]1O5. The van der Waals surface area contributed by atoms with Crippen LogP contribution in [-0.4, -0.2) is 85.9 Å². The quantitative estimate of drug-likeness (QED) is 0.298. The lowest BCUT2D eigenvalue weighted by atomic mass is 9.50. The van der Waals surface area contributed by atoms with Crippen molar-refractivity contribution in [3.8, 4) is 11.5 Å². The number of amides is 1. The van der Waals surface area contributed by atoms with Crippen LogP contribution < -0.4 is 14.5 Å². The highest BCUT2D eigenvalue weighted by molar-refractivity contribution is 6.74. The Morgan fingerprint density at radius 2 is 1.87 bits per heavy atom. The van der Waals surface area contributed by atoms with Crippen molar-refractivity contribution in [2.45, 2.75) is 127 Å². The first-order valence-electron chi connectivity index (χ1n) is 16.2. The highest BCUT2D eigenvalue weighted by atomic mass is 28.4. The summed E-state index contributed by atoms with van der Waals surface area (Å²) in [6.45, 7) is 18.2. The Morgan fingerprint density at radius 3 is 2.52 bits per heavy atom. The van der Waals surface area contributed by atoms with Crippen molar-refractivity contribution in [3.63, 3.8) is 0 Å². The van der Waals surface area contributed by atoms with E-state index in [0.29, 0.717) is 36.5 Å². The van der Waals surface area contributed by atoms with Crippen LogP contribution in [0.1, 0.15) is 78.9 Å². The van der Waals surface area contributed by atoms with E-state index in [1.807, 2.05) is 13.1 Å². The van der Waals surface area contributed by atoms with E-state index in [9.17, 15) is 19.5 Å². The van der Waals surface area contributed by atoms with Crippen molar-refractivity contribution in [2.75, 3.05) is 20.1 Å². The number of hydrogen-bond acceptors (Lipinski definition) is 10. The molecule has 0 saturated carbocycles. The molecule has 0 aromatic heterocycles. The third kappa shape index (κ3) is 5.81. The predicted octanol–water partition coefficient (Wildman–Crippen LogP) is 4.74. The van der Waals surface area contributed by atoms with Crippen LogP contribution in [0, 0.1) is 0 Å². The number of benzene rings is 1. The van der Waals surface area contributed by atoms with Crippen LogP contribution in [0.2, 0.25) is 18.1 Å². The second kappa shape index (κ2) is 11.6.